The zero-order valence-corrected chi connectivity index (χ0v) is 13.7. The van der Waals surface area contributed by atoms with Crippen molar-refractivity contribution in [1.29, 1.82) is 0 Å². The summed E-state index contributed by atoms with van der Waals surface area (Å²) in [6.07, 6.45) is 3.85. The van der Waals surface area contributed by atoms with Gasteiger partial charge in [0.25, 0.3) is 5.69 Å². The maximum Gasteiger partial charge on any atom is 0.514 e. The molecule has 1 N–H and O–H groups in total. The van der Waals surface area contributed by atoms with Crippen LogP contribution < -0.4 is 4.74 Å². The first kappa shape index (κ1) is 18.4. The zero-order valence-electron chi connectivity index (χ0n) is 13.7. The van der Waals surface area contributed by atoms with Crippen molar-refractivity contribution in [3.8, 4) is 5.75 Å². The molecule has 1 aromatic rings. The molecule has 8 heteroatoms. The van der Waals surface area contributed by atoms with Gasteiger partial charge in [-0.2, -0.15) is 0 Å². The molecule has 25 heavy (non-hydrogen) atoms. The van der Waals surface area contributed by atoms with Gasteiger partial charge in [-0.1, -0.05) is 6.08 Å². The van der Waals surface area contributed by atoms with Crippen LogP contribution in [0, 0.1) is 15.5 Å². The molecule has 0 radical (unpaired) electrons. The number of carbonyl (C=O) groups excluding carboxylic acids is 1. The lowest BCUT2D eigenvalue weighted by Crippen LogP contribution is -2.30. The van der Waals surface area contributed by atoms with E-state index >= 15 is 0 Å². The van der Waals surface area contributed by atoms with Gasteiger partial charge < -0.3 is 14.6 Å². The second-order valence-corrected chi connectivity index (χ2v) is 6.13. The van der Waals surface area contributed by atoms with E-state index in [1.54, 1.807) is 19.1 Å². The molecule has 1 aliphatic rings. The van der Waals surface area contributed by atoms with Crippen molar-refractivity contribution < 1.29 is 29.1 Å². The number of aliphatic carboxylic acids is 1. The summed E-state index contributed by atoms with van der Waals surface area (Å²) in [6, 6.07) is 5.04. The van der Waals surface area contributed by atoms with Crippen LogP contribution in [0.3, 0.4) is 0 Å². The Balaban J connectivity index is 1.94. The summed E-state index contributed by atoms with van der Waals surface area (Å²) < 4.78 is 10.2. The molecular formula is C17H19NO7. The lowest BCUT2D eigenvalue weighted by molar-refractivity contribution is -0.384. The first-order valence-corrected chi connectivity index (χ1v) is 7.83. The minimum atomic E-state index is -0.943. The topological polar surface area (TPSA) is 116 Å². The monoisotopic (exact) mass is 349 g/mol. The summed E-state index contributed by atoms with van der Waals surface area (Å²) in [6.45, 7) is 1.68. The Morgan fingerprint density at radius 3 is 2.56 bits per heavy atom. The van der Waals surface area contributed by atoms with E-state index < -0.39 is 28.6 Å². The van der Waals surface area contributed by atoms with Gasteiger partial charge in [-0.15, -0.1) is 0 Å². The number of allylic oxidation sites excluding steroid dienone is 1. The molecular weight excluding hydrogens is 330 g/mol. The van der Waals surface area contributed by atoms with Gasteiger partial charge in [0, 0.05) is 12.1 Å². The van der Waals surface area contributed by atoms with E-state index in [0.29, 0.717) is 25.7 Å². The van der Waals surface area contributed by atoms with Gasteiger partial charge in [-0.25, -0.2) is 4.79 Å². The van der Waals surface area contributed by atoms with E-state index in [1.807, 2.05) is 0 Å². The predicted octanol–water partition coefficient (Wildman–Crippen LogP) is 3.70. The van der Waals surface area contributed by atoms with Crippen molar-refractivity contribution >= 4 is 17.8 Å². The Morgan fingerprint density at radius 2 is 1.96 bits per heavy atom. The van der Waals surface area contributed by atoms with Gasteiger partial charge in [0.15, 0.2) is 0 Å². The number of nitro groups is 1. The normalized spacial score (nSPS) is 24.4. The fourth-order valence-electron chi connectivity index (χ4n) is 2.52. The first-order chi connectivity index (χ1) is 11.8. The third kappa shape index (κ3) is 5.03. The van der Waals surface area contributed by atoms with E-state index in [-0.39, 0.29) is 11.4 Å². The van der Waals surface area contributed by atoms with Crippen molar-refractivity contribution in [2.24, 2.45) is 5.41 Å². The highest BCUT2D eigenvalue weighted by Gasteiger charge is 2.34. The average Bonchev–Trinajstić information content (AvgIpc) is 2.54. The molecule has 2 rings (SSSR count). The summed E-state index contributed by atoms with van der Waals surface area (Å²) in [5.74, 6) is -0.740. The second kappa shape index (κ2) is 7.78. The van der Waals surface area contributed by atoms with Crippen molar-refractivity contribution in [1.82, 2.24) is 0 Å². The maximum atomic E-state index is 11.9. The molecule has 1 aromatic carbocycles. The maximum absolute atomic E-state index is 11.9. The summed E-state index contributed by atoms with van der Waals surface area (Å²) in [5, 5.41) is 19.9. The number of carbonyl (C=O) groups is 2. The number of carboxylic acid groups (broad SMARTS) is 1. The van der Waals surface area contributed by atoms with Crippen LogP contribution >= 0.6 is 0 Å². The number of non-ortho nitro benzene ring substituents is 1. The highest BCUT2D eigenvalue weighted by atomic mass is 16.7. The number of carboxylic acids is 1. The lowest BCUT2D eigenvalue weighted by atomic mass is 9.79. The average molecular weight is 349 g/mol. The third-order valence-electron chi connectivity index (χ3n) is 4.21. The highest BCUT2D eigenvalue weighted by molar-refractivity contribution is 5.74. The molecule has 8 nitrogen and oxygen atoms in total. The van der Waals surface area contributed by atoms with Crippen LogP contribution in [-0.2, 0) is 9.53 Å². The van der Waals surface area contributed by atoms with Crippen LogP contribution in [0.15, 0.2) is 36.4 Å². The van der Waals surface area contributed by atoms with Gasteiger partial charge in [-0.05, 0) is 50.8 Å². The van der Waals surface area contributed by atoms with Crippen molar-refractivity contribution in [3.63, 3.8) is 0 Å². The highest BCUT2D eigenvalue weighted by Crippen LogP contribution is 2.33. The summed E-state index contributed by atoms with van der Waals surface area (Å²) in [5.41, 5.74) is -0.967. The van der Waals surface area contributed by atoms with Gasteiger partial charge in [0.2, 0.25) is 0 Å². The van der Waals surface area contributed by atoms with Crippen LogP contribution in [0.5, 0.6) is 5.75 Å². The lowest BCUT2D eigenvalue weighted by Gasteiger charge is -2.27. The molecule has 0 aliphatic heterocycles. The second-order valence-electron chi connectivity index (χ2n) is 6.13. The van der Waals surface area contributed by atoms with E-state index in [9.17, 15) is 24.8 Å². The van der Waals surface area contributed by atoms with Crippen molar-refractivity contribution in [2.45, 2.75) is 38.7 Å². The molecule has 134 valence electrons. The molecule has 0 saturated heterocycles. The van der Waals surface area contributed by atoms with E-state index in [2.05, 4.69) is 0 Å². The van der Waals surface area contributed by atoms with Crippen LogP contribution in [0.1, 0.15) is 32.6 Å². The standard InChI is InChI=1S/C17H19NO7/c1-17(15(19)20)10-3-2-4-13(9-11-17)24-16(21)25-14-7-5-12(6-8-14)18(22)23/h2,4-8,13H,3,9-11H2,1H3,(H,19,20)/b4-2+/t13-,17+/m0/s1. The molecule has 0 fully saturated rings. The molecule has 0 aromatic heterocycles. The summed E-state index contributed by atoms with van der Waals surface area (Å²) in [4.78, 5) is 33.3. The minimum absolute atomic E-state index is 0.114. The Morgan fingerprint density at radius 1 is 1.28 bits per heavy atom. The molecule has 0 spiro atoms. The van der Waals surface area contributed by atoms with Gasteiger partial charge in [0.1, 0.15) is 11.9 Å². The van der Waals surface area contributed by atoms with Gasteiger partial charge in [-0.3, -0.25) is 14.9 Å². The fraction of sp³-hybridized carbons (Fsp3) is 0.412. The summed E-state index contributed by atoms with van der Waals surface area (Å²) in [7, 11) is 0. The minimum Gasteiger partial charge on any atom is -0.481 e. The number of ether oxygens (including phenoxy) is 2. The quantitative estimate of drug-likeness (QED) is 0.289. The number of benzene rings is 1. The molecule has 0 saturated carbocycles. The molecule has 0 amide bonds. The number of hydrogen-bond donors (Lipinski definition) is 1. The Bertz CT molecular complexity index is 683. The zero-order chi connectivity index (χ0) is 18.4. The third-order valence-corrected chi connectivity index (χ3v) is 4.21. The smallest absolute Gasteiger partial charge is 0.481 e. The molecule has 0 heterocycles. The molecule has 2 atom stereocenters. The Kier molecular flexibility index (Phi) is 5.74. The molecule has 0 bridgehead atoms. The summed E-state index contributed by atoms with van der Waals surface area (Å²) >= 11 is 0. The van der Waals surface area contributed by atoms with Crippen LogP contribution in [0.25, 0.3) is 0 Å². The predicted molar refractivity (Wildman–Crippen MR) is 87.3 cm³/mol. The largest absolute Gasteiger partial charge is 0.514 e. The first-order valence-electron chi connectivity index (χ1n) is 7.83. The van der Waals surface area contributed by atoms with Gasteiger partial charge in [0.05, 0.1) is 10.3 Å². The van der Waals surface area contributed by atoms with Crippen molar-refractivity contribution in [2.75, 3.05) is 0 Å². The van der Waals surface area contributed by atoms with Gasteiger partial charge >= 0.3 is 12.1 Å². The van der Waals surface area contributed by atoms with E-state index in [1.165, 1.54) is 24.3 Å². The van der Waals surface area contributed by atoms with E-state index in [4.69, 9.17) is 9.47 Å². The Hall–Kier alpha value is -2.90. The van der Waals surface area contributed by atoms with Crippen molar-refractivity contribution in [3.05, 3.63) is 46.5 Å². The van der Waals surface area contributed by atoms with Crippen LogP contribution in [0.2, 0.25) is 0 Å². The van der Waals surface area contributed by atoms with Crippen LogP contribution in [0.4, 0.5) is 10.5 Å². The van der Waals surface area contributed by atoms with Crippen LogP contribution in [-0.4, -0.2) is 28.3 Å². The number of rotatable bonds is 4. The number of nitro benzene ring substituents is 1. The molecule has 0 unspecified atom stereocenters. The number of hydrogen-bond acceptors (Lipinski definition) is 6. The SMILES string of the molecule is C[C@@]1(C(=O)O)CC/C=C/[C@H](OC(=O)Oc2ccc([N+](=O)[O-])cc2)CC1. The Labute approximate surface area is 144 Å². The van der Waals surface area contributed by atoms with E-state index in [0.717, 1.165) is 0 Å². The number of nitrogens with zero attached hydrogens (tertiary/aromatic N) is 1. The molecule has 1 aliphatic carbocycles. The fourth-order valence-corrected chi connectivity index (χ4v) is 2.52.